The number of hydrazine groups is 1. The molecule has 1 saturated carbocycles. The highest BCUT2D eigenvalue weighted by atomic mass is 15.3. The van der Waals surface area contributed by atoms with Crippen LogP contribution in [0, 0.1) is 17.8 Å². The number of nitrogens with two attached hydrogens (primary N) is 1. The van der Waals surface area contributed by atoms with Gasteiger partial charge in [0.1, 0.15) is 12.2 Å². The molecule has 1 heterocycles. The molecule has 0 radical (unpaired) electrons. The normalized spacial score (nSPS) is 24.7. The molecule has 1 atom stereocenters. The zero-order chi connectivity index (χ0) is 15.4. The molecule has 0 saturated heterocycles. The van der Waals surface area contributed by atoms with E-state index in [1.54, 1.807) is 6.33 Å². The minimum atomic E-state index is 0.305. The molecule has 5 heteroatoms. The van der Waals surface area contributed by atoms with E-state index in [-0.39, 0.29) is 0 Å². The quantitative estimate of drug-likeness (QED) is 0.625. The molecule has 5 nitrogen and oxygen atoms in total. The van der Waals surface area contributed by atoms with Gasteiger partial charge in [0.15, 0.2) is 0 Å². The SMILES string of the molecule is CC(C)C1CCC(C(Cc2ncnn2C(C)C)NN)CC1. The van der Waals surface area contributed by atoms with Crippen molar-refractivity contribution in [3.63, 3.8) is 0 Å². The number of aromatic nitrogens is 3. The van der Waals surface area contributed by atoms with Crippen LogP contribution in [0.1, 0.15) is 65.2 Å². The summed E-state index contributed by atoms with van der Waals surface area (Å²) in [4.78, 5) is 4.42. The fourth-order valence-electron chi connectivity index (χ4n) is 3.62. The van der Waals surface area contributed by atoms with Crippen molar-refractivity contribution in [2.45, 2.75) is 71.9 Å². The summed E-state index contributed by atoms with van der Waals surface area (Å²) in [5.74, 6) is 9.22. The molecule has 1 unspecified atom stereocenters. The van der Waals surface area contributed by atoms with Crippen molar-refractivity contribution in [1.29, 1.82) is 0 Å². The summed E-state index contributed by atoms with van der Waals surface area (Å²) in [6.45, 7) is 8.96. The molecule has 1 aliphatic carbocycles. The van der Waals surface area contributed by atoms with Gasteiger partial charge in [0.05, 0.1) is 0 Å². The molecule has 3 N–H and O–H groups in total. The molecule has 0 spiro atoms. The van der Waals surface area contributed by atoms with Crippen LogP contribution in [-0.2, 0) is 6.42 Å². The van der Waals surface area contributed by atoms with Gasteiger partial charge in [0.2, 0.25) is 0 Å². The summed E-state index contributed by atoms with van der Waals surface area (Å²) in [6, 6.07) is 0.650. The number of rotatable bonds is 6. The minimum absolute atomic E-state index is 0.305. The van der Waals surface area contributed by atoms with Gasteiger partial charge in [0.25, 0.3) is 0 Å². The molecule has 0 aromatic carbocycles. The Balaban J connectivity index is 1.96. The van der Waals surface area contributed by atoms with Crippen LogP contribution in [0.15, 0.2) is 6.33 Å². The Morgan fingerprint density at radius 2 is 1.81 bits per heavy atom. The van der Waals surface area contributed by atoms with Gasteiger partial charge < -0.3 is 0 Å². The van der Waals surface area contributed by atoms with Gasteiger partial charge in [-0.3, -0.25) is 11.3 Å². The Morgan fingerprint density at radius 1 is 1.19 bits per heavy atom. The monoisotopic (exact) mass is 293 g/mol. The standard InChI is InChI=1S/C16H31N5/c1-11(2)13-5-7-14(8-6-13)15(20-17)9-16-18-10-19-21(16)12(3)4/h10-15,20H,5-9,17H2,1-4H3. The fraction of sp³-hybridized carbons (Fsp3) is 0.875. The summed E-state index contributed by atoms with van der Waals surface area (Å²) in [7, 11) is 0. The van der Waals surface area contributed by atoms with Gasteiger partial charge in [-0.05, 0) is 57.3 Å². The van der Waals surface area contributed by atoms with Crippen LogP contribution in [-0.4, -0.2) is 20.8 Å². The van der Waals surface area contributed by atoms with Gasteiger partial charge in [-0.1, -0.05) is 13.8 Å². The van der Waals surface area contributed by atoms with E-state index in [1.165, 1.54) is 25.7 Å². The van der Waals surface area contributed by atoms with E-state index in [4.69, 9.17) is 5.84 Å². The number of nitrogens with zero attached hydrogens (tertiary/aromatic N) is 3. The second kappa shape index (κ2) is 7.36. The van der Waals surface area contributed by atoms with Crippen LogP contribution in [0.5, 0.6) is 0 Å². The zero-order valence-electron chi connectivity index (χ0n) is 13.9. The highest BCUT2D eigenvalue weighted by Gasteiger charge is 2.29. The molecule has 2 rings (SSSR count). The Kier molecular flexibility index (Phi) is 5.76. The molecular weight excluding hydrogens is 262 g/mol. The van der Waals surface area contributed by atoms with Crippen LogP contribution in [0.4, 0.5) is 0 Å². The molecule has 21 heavy (non-hydrogen) atoms. The number of nitrogens with one attached hydrogen (secondary N) is 1. The van der Waals surface area contributed by atoms with Gasteiger partial charge in [-0.15, -0.1) is 0 Å². The Labute approximate surface area is 128 Å². The highest BCUT2D eigenvalue weighted by Crippen LogP contribution is 2.35. The largest absolute Gasteiger partial charge is 0.271 e. The molecule has 1 aliphatic rings. The predicted molar refractivity (Wildman–Crippen MR) is 85.5 cm³/mol. The van der Waals surface area contributed by atoms with Gasteiger partial charge in [-0.2, -0.15) is 5.10 Å². The fourth-order valence-corrected chi connectivity index (χ4v) is 3.62. The van der Waals surface area contributed by atoms with E-state index < -0.39 is 0 Å². The summed E-state index contributed by atoms with van der Waals surface area (Å²) in [5, 5.41) is 4.32. The minimum Gasteiger partial charge on any atom is -0.271 e. The maximum absolute atomic E-state index is 5.83. The first-order chi connectivity index (χ1) is 10.0. The first kappa shape index (κ1) is 16.4. The molecule has 1 fully saturated rings. The van der Waals surface area contributed by atoms with Crippen molar-refractivity contribution >= 4 is 0 Å². The van der Waals surface area contributed by atoms with E-state index in [2.05, 4.69) is 43.2 Å². The van der Waals surface area contributed by atoms with Crippen molar-refractivity contribution in [3.05, 3.63) is 12.2 Å². The third kappa shape index (κ3) is 4.04. The Bertz CT molecular complexity index is 418. The van der Waals surface area contributed by atoms with Crippen LogP contribution in [0.3, 0.4) is 0 Å². The second-order valence-corrected chi connectivity index (χ2v) is 7.11. The third-order valence-corrected chi connectivity index (χ3v) is 5.08. The van der Waals surface area contributed by atoms with Crippen molar-refractivity contribution in [2.75, 3.05) is 0 Å². The predicted octanol–water partition coefficient (Wildman–Crippen LogP) is 2.70. The van der Waals surface area contributed by atoms with Crippen LogP contribution >= 0.6 is 0 Å². The number of hydrogen-bond donors (Lipinski definition) is 2. The lowest BCUT2D eigenvalue weighted by Gasteiger charge is -2.35. The maximum Gasteiger partial charge on any atom is 0.138 e. The molecule has 1 aromatic heterocycles. The highest BCUT2D eigenvalue weighted by molar-refractivity contribution is 4.94. The van der Waals surface area contributed by atoms with Crippen LogP contribution in [0.25, 0.3) is 0 Å². The summed E-state index contributed by atoms with van der Waals surface area (Å²) < 4.78 is 2.00. The topological polar surface area (TPSA) is 68.8 Å². The maximum atomic E-state index is 5.83. The molecule has 0 amide bonds. The van der Waals surface area contributed by atoms with E-state index >= 15 is 0 Å². The lowest BCUT2D eigenvalue weighted by atomic mass is 9.74. The Morgan fingerprint density at radius 3 is 2.33 bits per heavy atom. The average Bonchev–Trinajstić information content (AvgIpc) is 2.93. The smallest absolute Gasteiger partial charge is 0.138 e. The molecule has 120 valence electrons. The zero-order valence-corrected chi connectivity index (χ0v) is 13.9. The van der Waals surface area contributed by atoms with Crippen molar-refractivity contribution < 1.29 is 0 Å². The van der Waals surface area contributed by atoms with Crippen molar-refractivity contribution in [2.24, 2.45) is 23.6 Å². The van der Waals surface area contributed by atoms with E-state index in [1.807, 2.05) is 4.68 Å². The number of hydrogen-bond acceptors (Lipinski definition) is 4. The van der Waals surface area contributed by atoms with Gasteiger partial charge in [-0.25, -0.2) is 9.67 Å². The molecular formula is C16H31N5. The van der Waals surface area contributed by atoms with Crippen molar-refractivity contribution in [1.82, 2.24) is 20.2 Å². The Hall–Kier alpha value is -0.940. The van der Waals surface area contributed by atoms with Crippen molar-refractivity contribution in [3.8, 4) is 0 Å². The van der Waals surface area contributed by atoms with E-state index in [0.29, 0.717) is 18.0 Å². The molecule has 1 aromatic rings. The van der Waals surface area contributed by atoms with Gasteiger partial charge in [0, 0.05) is 18.5 Å². The first-order valence-corrected chi connectivity index (χ1v) is 8.37. The van der Waals surface area contributed by atoms with E-state index in [0.717, 1.165) is 24.1 Å². The van der Waals surface area contributed by atoms with Gasteiger partial charge >= 0.3 is 0 Å². The second-order valence-electron chi connectivity index (χ2n) is 7.11. The molecule has 0 aliphatic heterocycles. The van der Waals surface area contributed by atoms with Crippen LogP contribution < -0.4 is 11.3 Å². The van der Waals surface area contributed by atoms with Crippen LogP contribution in [0.2, 0.25) is 0 Å². The average molecular weight is 293 g/mol. The van der Waals surface area contributed by atoms with E-state index in [9.17, 15) is 0 Å². The molecule has 0 bridgehead atoms. The summed E-state index contributed by atoms with van der Waals surface area (Å²) in [5.41, 5.74) is 3.04. The lowest BCUT2D eigenvalue weighted by Crippen LogP contribution is -2.44. The third-order valence-electron chi connectivity index (χ3n) is 5.08. The summed E-state index contributed by atoms with van der Waals surface area (Å²) >= 11 is 0. The lowest BCUT2D eigenvalue weighted by molar-refractivity contribution is 0.186. The first-order valence-electron chi connectivity index (χ1n) is 8.37. The summed E-state index contributed by atoms with van der Waals surface area (Å²) in [6.07, 6.45) is 7.72.